The topological polar surface area (TPSA) is 55.4 Å². The summed E-state index contributed by atoms with van der Waals surface area (Å²) in [4.78, 5) is 0. The number of hydrogen-bond acceptors (Lipinski definition) is 4. The van der Waals surface area contributed by atoms with Crippen LogP contribution < -0.4 is 10.1 Å². The number of nitrogens with one attached hydrogen (secondary N) is 1. The highest BCUT2D eigenvalue weighted by molar-refractivity contribution is 7.89. The van der Waals surface area contributed by atoms with Gasteiger partial charge in [-0.3, -0.25) is 0 Å². The van der Waals surface area contributed by atoms with Gasteiger partial charge in [-0.2, -0.15) is 0 Å². The first-order valence-corrected chi connectivity index (χ1v) is 10.1. The lowest BCUT2D eigenvalue weighted by atomic mass is 10.1. The highest BCUT2D eigenvalue weighted by Crippen LogP contribution is 2.14. The van der Waals surface area contributed by atoms with E-state index in [4.69, 9.17) is 4.74 Å². The zero-order valence-corrected chi connectivity index (χ0v) is 15.3. The van der Waals surface area contributed by atoms with E-state index in [9.17, 15) is 8.42 Å². The summed E-state index contributed by atoms with van der Waals surface area (Å²) in [6.45, 7) is 5.53. The molecule has 0 aliphatic heterocycles. The number of hydrogen-bond donors (Lipinski definition) is 1. The third-order valence-electron chi connectivity index (χ3n) is 3.41. The molecule has 130 valence electrons. The van der Waals surface area contributed by atoms with Crippen molar-refractivity contribution in [3.63, 3.8) is 0 Å². The number of ether oxygens (including phenoxy) is 1. The summed E-state index contributed by atoms with van der Waals surface area (Å²) in [5, 5.41) is 3.39. The Bertz CT molecular complexity index is 735. The molecular weight excluding hydrogens is 322 g/mol. The summed E-state index contributed by atoms with van der Waals surface area (Å²) in [6.07, 6.45) is 1.43. The van der Waals surface area contributed by atoms with Crippen molar-refractivity contribution in [2.24, 2.45) is 0 Å². The SMILES string of the molecule is CC(C)Oc1ccc(CNCc2ccc(CS(C)(=O)=O)cc2)cc1. The van der Waals surface area contributed by atoms with Crippen molar-refractivity contribution in [3.8, 4) is 5.75 Å². The summed E-state index contributed by atoms with van der Waals surface area (Å²) in [6, 6.07) is 15.8. The molecule has 2 aromatic carbocycles. The van der Waals surface area contributed by atoms with Crippen LogP contribution in [0.25, 0.3) is 0 Å². The number of sulfone groups is 1. The molecule has 0 heterocycles. The minimum absolute atomic E-state index is 0.0888. The molecule has 0 aliphatic rings. The molecule has 1 N–H and O–H groups in total. The van der Waals surface area contributed by atoms with Crippen LogP contribution in [0.15, 0.2) is 48.5 Å². The van der Waals surface area contributed by atoms with Gasteiger partial charge >= 0.3 is 0 Å². The molecule has 0 aromatic heterocycles. The molecule has 0 atom stereocenters. The lowest BCUT2D eigenvalue weighted by Gasteiger charge is -2.10. The van der Waals surface area contributed by atoms with E-state index in [1.165, 1.54) is 11.8 Å². The van der Waals surface area contributed by atoms with Crippen molar-refractivity contribution in [3.05, 3.63) is 65.2 Å². The van der Waals surface area contributed by atoms with Crippen molar-refractivity contribution in [2.45, 2.75) is 38.8 Å². The fourth-order valence-electron chi connectivity index (χ4n) is 2.37. The van der Waals surface area contributed by atoms with Gasteiger partial charge in [0.1, 0.15) is 5.75 Å². The van der Waals surface area contributed by atoms with Crippen LogP contribution in [-0.4, -0.2) is 20.8 Å². The molecule has 2 aromatic rings. The Morgan fingerprint density at radius 1 is 0.875 bits per heavy atom. The maximum Gasteiger partial charge on any atom is 0.151 e. The lowest BCUT2D eigenvalue weighted by molar-refractivity contribution is 0.242. The molecular formula is C19H25NO3S. The molecule has 0 radical (unpaired) electrons. The highest BCUT2D eigenvalue weighted by atomic mass is 32.2. The molecule has 4 nitrogen and oxygen atoms in total. The van der Waals surface area contributed by atoms with Crippen molar-refractivity contribution < 1.29 is 13.2 Å². The lowest BCUT2D eigenvalue weighted by Crippen LogP contribution is -2.13. The summed E-state index contributed by atoms with van der Waals surface area (Å²) >= 11 is 0. The first-order chi connectivity index (χ1) is 11.3. The summed E-state index contributed by atoms with van der Waals surface area (Å²) in [7, 11) is -2.98. The van der Waals surface area contributed by atoms with Crippen molar-refractivity contribution in [1.82, 2.24) is 5.32 Å². The van der Waals surface area contributed by atoms with Crippen LogP contribution in [0, 0.1) is 0 Å². The standard InChI is InChI=1S/C19H25NO3S/c1-15(2)23-19-10-8-17(9-11-19)13-20-12-16-4-6-18(7-5-16)14-24(3,21)22/h4-11,15,20H,12-14H2,1-3H3. The van der Waals surface area contributed by atoms with Gasteiger partial charge in [-0.05, 0) is 42.7 Å². The first kappa shape index (κ1) is 18.5. The molecule has 2 rings (SSSR count). The second-order valence-corrected chi connectivity index (χ2v) is 8.44. The largest absolute Gasteiger partial charge is 0.491 e. The Hall–Kier alpha value is -1.85. The third kappa shape index (κ3) is 6.72. The van der Waals surface area contributed by atoms with Gasteiger partial charge in [-0.15, -0.1) is 0 Å². The fraction of sp³-hybridized carbons (Fsp3) is 0.368. The molecule has 5 heteroatoms. The zero-order chi connectivity index (χ0) is 17.6. The van der Waals surface area contributed by atoms with E-state index in [0.717, 1.165) is 30.0 Å². The van der Waals surface area contributed by atoms with Crippen molar-refractivity contribution >= 4 is 9.84 Å². The second kappa shape index (κ2) is 8.31. The van der Waals surface area contributed by atoms with Crippen LogP contribution in [0.2, 0.25) is 0 Å². The zero-order valence-electron chi connectivity index (χ0n) is 14.5. The third-order valence-corrected chi connectivity index (χ3v) is 4.26. The van der Waals surface area contributed by atoms with Crippen LogP contribution in [0.3, 0.4) is 0 Å². The van der Waals surface area contributed by atoms with E-state index in [2.05, 4.69) is 17.4 Å². The van der Waals surface area contributed by atoms with E-state index in [0.29, 0.717) is 0 Å². The number of rotatable bonds is 8. The molecule has 0 spiro atoms. The quantitative estimate of drug-likeness (QED) is 0.796. The van der Waals surface area contributed by atoms with Crippen LogP contribution in [0.4, 0.5) is 0 Å². The van der Waals surface area contributed by atoms with Crippen molar-refractivity contribution in [2.75, 3.05) is 6.26 Å². The van der Waals surface area contributed by atoms with E-state index < -0.39 is 9.84 Å². The normalized spacial score (nSPS) is 11.7. The Morgan fingerprint density at radius 2 is 1.33 bits per heavy atom. The average molecular weight is 347 g/mol. The van der Waals surface area contributed by atoms with E-state index in [-0.39, 0.29) is 11.9 Å². The van der Waals surface area contributed by atoms with Gasteiger partial charge in [0.2, 0.25) is 0 Å². The van der Waals surface area contributed by atoms with Gasteiger partial charge in [-0.25, -0.2) is 8.42 Å². The van der Waals surface area contributed by atoms with E-state index in [1.807, 2.05) is 50.2 Å². The van der Waals surface area contributed by atoms with Crippen molar-refractivity contribution in [1.29, 1.82) is 0 Å². The minimum Gasteiger partial charge on any atom is -0.491 e. The smallest absolute Gasteiger partial charge is 0.151 e. The van der Waals surface area contributed by atoms with Gasteiger partial charge in [0.25, 0.3) is 0 Å². The van der Waals surface area contributed by atoms with Crippen LogP contribution in [0.1, 0.15) is 30.5 Å². The number of benzene rings is 2. The highest BCUT2D eigenvalue weighted by Gasteiger charge is 2.04. The average Bonchev–Trinajstić information content (AvgIpc) is 2.49. The Morgan fingerprint density at radius 3 is 1.79 bits per heavy atom. The molecule has 0 bridgehead atoms. The van der Waals surface area contributed by atoms with Gasteiger partial charge in [0, 0.05) is 19.3 Å². The van der Waals surface area contributed by atoms with E-state index >= 15 is 0 Å². The van der Waals surface area contributed by atoms with Gasteiger partial charge < -0.3 is 10.1 Å². The molecule has 0 fully saturated rings. The van der Waals surface area contributed by atoms with Gasteiger partial charge in [-0.1, -0.05) is 36.4 Å². The Balaban J connectivity index is 1.81. The predicted octanol–water partition coefficient (Wildman–Crippen LogP) is 3.31. The summed E-state index contributed by atoms with van der Waals surface area (Å²) < 4.78 is 28.2. The predicted molar refractivity (Wildman–Crippen MR) is 97.7 cm³/mol. The van der Waals surface area contributed by atoms with Crippen LogP contribution in [0.5, 0.6) is 5.75 Å². The molecule has 0 aliphatic carbocycles. The van der Waals surface area contributed by atoms with Gasteiger partial charge in [0.15, 0.2) is 9.84 Å². The van der Waals surface area contributed by atoms with Gasteiger partial charge in [0.05, 0.1) is 11.9 Å². The summed E-state index contributed by atoms with van der Waals surface area (Å²) in [5.41, 5.74) is 3.15. The van der Waals surface area contributed by atoms with Crippen LogP contribution in [-0.2, 0) is 28.7 Å². The molecule has 0 amide bonds. The van der Waals surface area contributed by atoms with E-state index in [1.54, 1.807) is 0 Å². The first-order valence-electron chi connectivity index (χ1n) is 8.04. The monoisotopic (exact) mass is 347 g/mol. The second-order valence-electron chi connectivity index (χ2n) is 6.30. The Labute approximate surface area is 144 Å². The Kier molecular flexibility index (Phi) is 6.40. The molecule has 24 heavy (non-hydrogen) atoms. The van der Waals surface area contributed by atoms with Crippen LogP contribution >= 0.6 is 0 Å². The fourth-order valence-corrected chi connectivity index (χ4v) is 3.16. The minimum atomic E-state index is -2.98. The maximum absolute atomic E-state index is 11.3. The molecule has 0 unspecified atom stereocenters. The summed E-state index contributed by atoms with van der Waals surface area (Å²) in [5.74, 6) is 0.973. The molecule has 0 saturated carbocycles. The molecule has 0 saturated heterocycles. The maximum atomic E-state index is 11.3.